The molecule has 26 heavy (non-hydrogen) atoms. The maximum atomic E-state index is 12.4. The Labute approximate surface area is 160 Å². The number of cyclic esters (lactones) is 1. The van der Waals surface area contributed by atoms with E-state index in [0.29, 0.717) is 23.9 Å². The predicted octanol–water partition coefficient (Wildman–Crippen LogP) is 5.06. The number of nitrogens with zero attached hydrogens (tertiary/aromatic N) is 1. The first kappa shape index (κ1) is 19.9. The van der Waals surface area contributed by atoms with E-state index < -0.39 is 0 Å². The summed E-state index contributed by atoms with van der Waals surface area (Å²) in [4.78, 5) is 14.9. The standard InChI is InChI=1S/C22H35NO2.CH4/c1-14-7-6-9-17(23(14)3)11-12-19-18-10-5-4-8-16(18)13-20-21(19)15(2)25-22(20)24;/h11-12,14-21H,4-10,13H2,1-3H3;1H4/b12-11+;/t14-,15-,16+,17+,18?,19+,20-,21+;/m0./s1. The smallest absolute Gasteiger partial charge is 0.309 e. The number of ether oxygens (including phenoxy) is 1. The van der Waals surface area contributed by atoms with Crippen molar-refractivity contribution in [3.63, 3.8) is 0 Å². The average Bonchev–Trinajstić information content (AvgIpc) is 2.89. The van der Waals surface area contributed by atoms with E-state index in [1.165, 1.54) is 44.9 Å². The zero-order valence-electron chi connectivity index (χ0n) is 16.2. The topological polar surface area (TPSA) is 29.5 Å². The zero-order chi connectivity index (χ0) is 17.6. The van der Waals surface area contributed by atoms with Gasteiger partial charge in [0.05, 0.1) is 5.92 Å². The molecule has 0 spiro atoms. The maximum absolute atomic E-state index is 12.4. The van der Waals surface area contributed by atoms with Gasteiger partial charge in [-0.3, -0.25) is 9.69 Å². The van der Waals surface area contributed by atoms with Gasteiger partial charge in [0.1, 0.15) is 6.10 Å². The Morgan fingerprint density at radius 1 is 1.04 bits per heavy atom. The second-order valence-corrected chi connectivity index (χ2v) is 9.24. The fraction of sp³-hybridized carbons (Fsp3) is 0.870. The van der Waals surface area contributed by atoms with Crippen LogP contribution in [0.1, 0.15) is 72.6 Å². The van der Waals surface area contributed by atoms with Crippen LogP contribution >= 0.6 is 0 Å². The Balaban J connectivity index is 0.00000196. The molecule has 2 heterocycles. The molecule has 0 bridgehead atoms. The van der Waals surface area contributed by atoms with Crippen LogP contribution in [0.15, 0.2) is 12.2 Å². The molecule has 2 aliphatic carbocycles. The van der Waals surface area contributed by atoms with Crippen LogP contribution in [0, 0.1) is 29.6 Å². The van der Waals surface area contributed by atoms with E-state index in [9.17, 15) is 4.79 Å². The zero-order valence-corrected chi connectivity index (χ0v) is 16.2. The van der Waals surface area contributed by atoms with E-state index >= 15 is 0 Å². The number of allylic oxidation sites excluding steroid dienone is 1. The summed E-state index contributed by atoms with van der Waals surface area (Å²) in [6.45, 7) is 4.47. The Bertz CT molecular complexity index is 530. The molecule has 4 rings (SSSR count). The lowest BCUT2D eigenvalue weighted by molar-refractivity contribution is -0.144. The highest BCUT2D eigenvalue weighted by Crippen LogP contribution is 2.53. The number of carbonyl (C=O) groups excluding carboxylic acids is 1. The fourth-order valence-corrected chi connectivity index (χ4v) is 6.43. The van der Waals surface area contributed by atoms with E-state index in [1.807, 2.05) is 0 Å². The molecule has 2 saturated heterocycles. The van der Waals surface area contributed by atoms with Crippen LogP contribution in [0.4, 0.5) is 0 Å². The third-order valence-corrected chi connectivity index (χ3v) is 7.97. The quantitative estimate of drug-likeness (QED) is 0.509. The minimum Gasteiger partial charge on any atom is -0.462 e. The number of rotatable bonds is 2. The van der Waals surface area contributed by atoms with Crippen LogP contribution in [-0.4, -0.2) is 36.1 Å². The first-order valence-corrected chi connectivity index (χ1v) is 10.7. The molecule has 3 nitrogen and oxygen atoms in total. The van der Waals surface area contributed by atoms with Gasteiger partial charge in [-0.05, 0) is 64.3 Å². The summed E-state index contributed by atoms with van der Waals surface area (Å²) >= 11 is 0. The number of carbonyl (C=O) groups is 1. The molecule has 3 heteroatoms. The second-order valence-electron chi connectivity index (χ2n) is 9.24. The molecule has 0 aromatic rings. The first-order valence-electron chi connectivity index (χ1n) is 10.7. The molecule has 0 aromatic heterocycles. The molecular formula is C23H39NO2. The lowest BCUT2D eigenvalue weighted by Crippen LogP contribution is -2.44. The van der Waals surface area contributed by atoms with Crippen molar-refractivity contribution in [3.05, 3.63) is 12.2 Å². The fourth-order valence-electron chi connectivity index (χ4n) is 6.43. The third kappa shape index (κ3) is 3.48. The van der Waals surface area contributed by atoms with Gasteiger partial charge in [0.15, 0.2) is 0 Å². The van der Waals surface area contributed by atoms with Crippen molar-refractivity contribution < 1.29 is 9.53 Å². The summed E-state index contributed by atoms with van der Waals surface area (Å²) in [5.41, 5.74) is 0. The Hall–Kier alpha value is -0.830. The Kier molecular flexibility index (Phi) is 6.16. The molecule has 0 aromatic carbocycles. The maximum Gasteiger partial charge on any atom is 0.309 e. The highest BCUT2D eigenvalue weighted by Gasteiger charge is 2.53. The summed E-state index contributed by atoms with van der Waals surface area (Å²) < 4.78 is 5.69. The van der Waals surface area contributed by atoms with Gasteiger partial charge in [-0.1, -0.05) is 45.3 Å². The van der Waals surface area contributed by atoms with Crippen LogP contribution in [0.5, 0.6) is 0 Å². The van der Waals surface area contributed by atoms with Crippen molar-refractivity contribution in [2.45, 2.75) is 90.8 Å². The predicted molar refractivity (Wildman–Crippen MR) is 107 cm³/mol. The minimum absolute atomic E-state index is 0. The first-order chi connectivity index (χ1) is 12.1. The van der Waals surface area contributed by atoms with E-state index in [2.05, 4.69) is 37.9 Å². The minimum atomic E-state index is 0. The van der Waals surface area contributed by atoms with Crippen molar-refractivity contribution in [1.29, 1.82) is 0 Å². The molecular weight excluding hydrogens is 322 g/mol. The summed E-state index contributed by atoms with van der Waals surface area (Å²) in [6.07, 6.45) is 15.5. The van der Waals surface area contributed by atoms with Crippen molar-refractivity contribution >= 4 is 5.97 Å². The molecule has 8 atom stereocenters. The molecule has 1 unspecified atom stereocenters. The van der Waals surface area contributed by atoms with Gasteiger partial charge in [-0.15, -0.1) is 0 Å². The van der Waals surface area contributed by atoms with Crippen molar-refractivity contribution in [2.24, 2.45) is 29.6 Å². The van der Waals surface area contributed by atoms with Crippen molar-refractivity contribution in [1.82, 2.24) is 4.90 Å². The van der Waals surface area contributed by atoms with E-state index in [0.717, 1.165) is 18.3 Å². The number of fused-ring (bicyclic) bond motifs is 2. The number of hydrogen-bond donors (Lipinski definition) is 0. The molecule has 0 amide bonds. The van der Waals surface area contributed by atoms with Gasteiger partial charge in [0, 0.05) is 18.0 Å². The number of hydrogen-bond acceptors (Lipinski definition) is 3. The highest BCUT2D eigenvalue weighted by atomic mass is 16.6. The molecule has 148 valence electrons. The molecule has 4 fully saturated rings. The third-order valence-electron chi connectivity index (χ3n) is 7.97. The van der Waals surface area contributed by atoms with Gasteiger partial charge in [-0.25, -0.2) is 0 Å². The number of piperidine rings is 1. The van der Waals surface area contributed by atoms with Crippen molar-refractivity contribution in [2.75, 3.05) is 7.05 Å². The number of likely N-dealkylation sites (tertiary alicyclic amines) is 1. The number of esters is 1. The van der Waals surface area contributed by atoms with Crippen LogP contribution in [-0.2, 0) is 9.53 Å². The lowest BCUT2D eigenvalue weighted by Gasteiger charge is -2.46. The molecule has 2 aliphatic heterocycles. The van der Waals surface area contributed by atoms with Gasteiger partial charge in [0.2, 0.25) is 0 Å². The SMILES string of the molecule is C.C[C@@H]1OC(=O)[C@H]2C[C@H]3CCCCC3[C@@H](/C=C/[C@H]3CCC[C@H](C)N3C)[C@@H]12. The molecule has 2 saturated carbocycles. The second kappa shape index (κ2) is 8.04. The van der Waals surface area contributed by atoms with Crippen LogP contribution in [0.25, 0.3) is 0 Å². The summed E-state index contributed by atoms with van der Waals surface area (Å²) in [5.74, 6) is 2.71. The van der Waals surface area contributed by atoms with E-state index in [-0.39, 0.29) is 25.4 Å². The Morgan fingerprint density at radius 2 is 1.81 bits per heavy atom. The van der Waals surface area contributed by atoms with Gasteiger partial charge >= 0.3 is 5.97 Å². The largest absolute Gasteiger partial charge is 0.462 e. The highest BCUT2D eigenvalue weighted by molar-refractivity contribution is 5.75. The van der Waals surface area contributed by atoms with Gasteiger partial charge < -0.3 is 4.74 Å². The van der Waals surface area contributed by atoms with Crippen LogP contribution in [0.2, 0.25) is 0 Å². The van der Waals surface area contributed by atoms with Crippen molar-refractivity contribution in [3.8, 4) is 0 Å². The molecule has 4 aliphatic rings. The normalized spacial score (nSPS) is 46.3. The van der Waals surface area contributed by atoms with E-state index in [4.69, 9.17) is 4.74 Å². The summed E-state index contributed by atoms with van der Waals surface area (Å²) in [7, 11) is 2.27. The van der Waals surface area contributed by atoms with Crippen LogP contribution < -0.4 is 0 Å². The summed E-state index contributed by atoms with van der Waals surface area (Å²) in [5, 5.41) is 0. The lowest BCUT2D eigenvalue weighted by atomic mass is 9.57. The number of likely N-dealkylation sites (N-methyl/N-ethyl adjacent to an activating group) is 1. The average molecular weight is 362 g/mol. The molecule has 0 radical (unpaired) electrons. The summed E-state index contributed by atoms with van der Waals surface area (Å²) in [6, 6.07) is 1.25. The van der Waals surface area contributed by atoms with Gasteiger partial charge in [0.25, 0.3) is 0 Å². The monoisotopic (exact) mass is 361 g/mol. The molecule has 0 N–H and O–H groups in total. The van der Waals surface area contributed by atoms with Crippen LogP contribution in [0.3, 0.4) is 0 Å². The van der Waals surface area contributed by atoms with Gasteiger partial charge in [-0.2, -0.15) is 0 Å². The van der Waals surface area contributed by atoms with E-state index in [1.54, 1.807) is 0 Å². The Morgan fingerprint density at radius 3 is 2.62 bits per heavy atom.